The summed E-state index contributed by atoms with van der Waals surface area (Å²) in [5.74, 6) is 0.953. The largest absolute Gasteiger partial charge is 0.331 e. The van der Waals surface area contributed by atoms with E-state index in [1.165, 1.54) is 5.56 Å². The second-order valence-corrected chi connectivity index (χ2v) is 5.93. The Hall–Kier alpha value is -2.14. The molecule has 118 valence electrons. The molecule has 1 aromatic carbocycles. The molecule has 2 aromatic rings. The van der Waals surface area contributed by atoms with E-state index in [2.05, 4.69) is 28.7 Å². The third-order valence-corrected chi connectivity index (χ3v) is 3.47. The van der Waals surface area contributed by atoms with Gasteiger partial charge in [0.05, 0.1) is 13.1 Å². The topological polar surface area (TPSA) is 50.2 Å². The zero-order valence-electron chi connectivity index (χ0n) is 13.7. The number of anilines is 1. The standard InChI is InChI=1S/C17H24N4O/c1-13(2)21-10-9-18-16(21)11-20(4)12-17(22)19-15-7-5-14(3)6-8-15/h5-10,13H,11-12H2,1-4H3,(H,19,22). The van der Waals surface area contributed by atoms with Gasteiger partial charge < -0.3 is 9.88 Å². The molecule has 0 spiro atoms. The number of hydrogen-bond acceptors (Lipinski definition) is 3. The molecule has 0 fully saturated rings. The molecule has 0 unspecified atom stereocenters. The molecule has 0 aliphatic heterocycles. The zero-order chi connectivity index (χ0) is 16.1. The maximum absolute atomic E-state index is 12.1. The minimum atomic E-state index is -0.0194. The monoisotopic (exact) mass is 300 g/mol. The molecule has 0 bridgehead atoms. The van der Waals surface area contributed by atoms with Gasteiger partial charge in [0.1, 0.15) is 5.82 Å². The Morgan fingerprint density at radius 1 is 1.32 bits per heavy atom. The molecule has 1 N–H and O–H groups in total. The van der Waals surface area contributed by atoms with Crippen LogP contribution in [0.3, 0.4) is 0 Å². The first-order chi connectivity index (χ1) is 10.5. The van der Waals surface area contributed by atoms with Gasteiger partial charge in [0, 0.05) is 24.1 Å². The Balaban J connectivity index is 1.88. The number of amides is 1. The number of likely N-dealkylation sites (N-methyl/N-ethyl adjacent to an activating group) is 1. The van der Waals surface area contributed by atoms with Crippen molar-refractivity contribution in [3.8, 4) is 0 Å². The van der Waals surface area contributed by atoms with Gasteiger partial charge in [-0.05, 0) is 40.0 Å². The van der Waals surface area contributed by atoms with Crippen molar-refractivity contribution < 1.29 is 4.79 Å². The number of aromatic nitrogens is 2. The molecule has 0 aliphatic carbocycles. The van der Waals surface area contributed by atoms with E-state index in [1.807, 2.05) is 49.3 Å². The first-order valence-corrected chi connectivity index (χ1v) is 7.52. The Labute approximate surface area is 132 Å². The molecule has 5 nitrogen and oxygen atoms in total. The van der Waals surface area contributed by atoms with Gasteiger partial charge in [-0.25, -0.2) is 4.98 Å². The molecule has 5 heteroatoms. The number of carbonyl (C=O) groups excluding carboxylic acids is 1. The van der Waals surface area contributed by atoms with Crippen molar-refractivity contribution in [3.05, 3.63) is 48.0 Å². The van der Waals surface area contributed by atoms with Crippen LogP contribution in [0, 0.1) is 6.92 Å². The lowest BCUT2D eigenvalue weighted by molar-refractivity contribution is -0.117. The Bertz CT molecular complexity index is 616. The highest BCUT2D eigenvalue weighted by Crippen LogP contribution is 2.11. The van der Waals surface area contributed by atoms with Crippen LogP contribution in [0.25, 0.3) is 0 Å². The summed E-state index contributed by atoms with van der Waals surface area (Å²) < 4.78 is 2.12. The minimum absolute atomic E-state index is 0.0194. The molecule has 0 radical (unpaired) electrons. The summed E-state index contributed by atoms with van der Waals surface area (Å²) in [4.78, 5) is 18.4. The lowest BCUT2D eigenvalue weighted by atomic mass is 10.2. The Morgan fingerprint density at radius 3 is 2.64 bits per heavy atom. The SMILES string of the molecule is Cc1ccc(NC(=O)CN(C)Cc2nccn2C(C)C)cc1. The summed E-state index contributed by atoms with van der Waals surface area (Å²) in [7, 11) is 1.92. The van der Waals surface area contributed by atoms with Crippen LogP contribution >= 0.6 is 0 Å². The lowest BCUT2D eigenvalue weighted by Crippen LogP contribution is -2.30. The highest BCUT2D eigenvalue weighted by atomic mass is 16.2. The van der Waals surface area contributed by atoms with Gasteiger partial charge in [-0.3, -0.25) is 9.69 Å². The van der Waals surface area contributed by atoms with Crippen molar-refractivity contribution in [2.24, 2.45) is 0 Å². The van der Waals surface area contributed by atoms with Gasteiger partial charge in [-0.15, -0.1) is 0 Å². The van der Waals surface area contributed by atoms with Crippen LogP contribution in [0.2, 0.25) is 0 Å². The van der Waals surface area contributed by atoms with Gasteiger partial charge in [0.25, 0.3) is 0 Å². The van der Waals surface area contributed by atoms with E-state index in [-0.39, 0.29) is 5.91 Å². The second kappa shape index (κ2) is 7.22. The van der Waals surface area contributed by atoms with Gasteiger partial charge in [-0.2, -0.15) is 0 Å². The van der Waals surface area contributed by atoms with Crippen molar-refractivity contribution in [2.75, 3.05) is 18.9 Å². The van der Waals surface area contributed by atoms with E-state index < -0.39 is 0 Å². The molecule has 0 aliphatic rings. The average Bonchev–Trinajstić information content (AvgIpc) is 2.89. The van der Waals surface area contributed by atoms with E-state index in [0.29, 0.717) is 19.1 Å². The number of rotatable bonds is 6. The van der Waals surface area contributed by atoms with Crippen LogP contribution in [0.5, 0.6) is 0 Å². The fourth-order valence-electron chi connectivity index (χ4n) is 2.32. The molecule has 2 rings (SSSR count). The summed E-state index contributed by atoms with van der Waals surface area (Å²) in [6, 6.07) is 8.17. The predicted molar refractivity (Wildman–Crippen MR) is 88.8 cm³/mol. The van der Waals surface area contributed by atoms with E-state index in [9.17, 15) is 4.79 Å². The van der Waals surface area contributed by atoms with Crippen molar-refractivity contribution in [3.63, 3.8) is 0 Å². The number of imidazole rings is 1. The van der Waals surface area contributed by atoms with Crippen molar-refractivity contribution in [1.29, 1.82) is 0 Å². The van der Waals surface area contributed by atoms with E-state index in [4.69, 9.17) is 0 Å². The fourth-order valence-corrected chi connectivity index (χ4v) is 2.32. The van der Waals surface area contributed by atoms with E-state index in [0.717, 1.165) is 11.5 Å². The molecular weight excluding hydrogens is 276 g/mol. The average molecular weight is 300 g/mol. The zero-order valence-corrected chi connectivity index (χ0v) is 13.7. The molecular formula is C17H24N4O. The first kappa shape index (κ1) is 16.2. The maximum Gasteiger partial charge on any atom is 0.238 e. The molecule has 0 saturated heterocycles. The van der Waals surface area contributed by atoms with Crippen LogP contribution in [0.1, 0.15) is 31.3 Å². The number of carbonyl (C=O) groups is 1. The van der Waals surface area contributed by atoms with Gasteiger partial charge in [-0.1, -0.05) is 17.7 Å². The number of aryl methyl sites for hydroxylation is 1. The fraction of sp³-hybridized carbons (Fsp3) is 0.412. The number of nitrogens with zero attached hydrogens (tertiary/aromatic N) is 3. The molecule has 1 amide bonds. The van der Waals surface area contributed by atoms with E-state index >= 15 is 0 Å². The first-order valence-electron chi connectivity index (χ1n) is 7.52. The maximum atomic E-state index is 12.1. The van der Waals surface area contributed by atoms with Gasteiger partial charge in [0.2, 0.25) is 5.91 Å². The second-order valence-electron chi connectivity index (χ2n) is 5.93. The third kappa shape index (κ3) is 4.43. The molecule has 1 aromatic heterocycles. The van der Waals surface area contributed by atoms with Crippen LogP contribution in [0.4, 0.5) is 5.69 Å². The molecule has 1 heterocycles. The van der Waals surface area contributed by atoms with Crippen molar-refractivity contribution in [1.82, 2.24) is 14.5 Å². The summed E-state index contributed by atoms with van der Waals surface area (Å²) in [5, 5.41) is 2.91. The summed E-state index contributed by atoms with van der Waals surface area (Å²) >= 11 is 0. The quantitative estimate of drug-likeness (QED) is 0.892. The van der Waals surface area contributed by atoms with Crippen molar-refractivity contribution in [2.45, 2.75) is 33.4 Å². The number of benzene rings is 1. The predicted octanol–water partition coefficient (Wildman–Crippen LogP) is 2.84. The number of hydrogen-bond donors (Lipinski definition) is 1. The molecule has 0 atom stereocenters. The Kier molecular flexibility index (Phi) is 5.33. The van der Waals surface area contributed by atoms with Gasteiger partial charge in [0.15, 0.2) is 0 Å². The van der Waals surface area contributed by atoms with Gasteiger partial charge >= 0.3 is 0 Å². The Morgan fingerprint density at radius 2 is 2.00 bits per heavy atom. The highest BCUT2D eigenvalue weighted by molar-refractivity contribution is 5.92. The summed E-state index contributed by atoms with van der Waals surface area (Å²) in [6.45, 7) is 7.24. The van der Waals surface area contributed by atoms with Crippen LogP contribution in [0.15, 0.2) is 36.7 Å². The minimum Gasteiger partial charge on any atom is -0.331 e. The number of nitrogens with one attached hydrogen (secondary N) is 1. The summed E-state index contributed by atoms with van der Waals surface area (Å²) in [6.07, 6.45) is 3.77. The highest BCUT2D eigenvalue weighted by Gasteiger charge is 2.12. The lowest BCUT2D eigenvalue weighted by Gasteiger charge is -2.18. The van der Waals surface area contributed by atoms with Crippen LogP contribution in [-0.4, -0.2) is 34.0 Å². The summed E-state index contributed by atoms with van der Waals surface area (Å²) in [5.41, 5.74) is 2.00. The normalized spacial score (nSPS) is 11.2. The molecule has 0 saturated carbocycles. The smallest absolute Gasteiger partial charge is 0.238 e. The van der Waals surface area contributed by atoms with Crippen molar-refractivity contribution >= 4 is 11.6 Å². The molecule has 22 heavy (non-hydrogen) atoms. The van der Waals surface area contributed by atoms with Crippen LogP contribution < -0.4 is 5.32 Å². The van der Waals surface area contributed by atoms with E-state index in [1.54, 1.807) is 6.20 Å². The third-order valence-electron chi connectivity index (χ3n) is 3.47. The van der Waals surface area contributed by atoms with Crippen LogP contribution in [-0.2, 0) is 11.3 Å².